The molecular weight excluding hydrogens is 324 g/mol. The number of benzene rings is 2. The van der Waals surface area contributed by atoms with Gasteiger partial charge in [0.2, 0.25) is 5.95 Å². The molecule has 0 spiro atoms. The third-order valence-electron chi connectivity index (χ3n) is 3.65. The van der Waals surface area contributed by atoms with Gasteiger partial charge in [0.05, 0.1) is 6.10 Å². The van der Waals surface area contributed by atoms with Gasteiger partial charge in [0.1, 0.15) is 11.6 Å². The Morgan fingerprint density at radius 2 is 1.69 bits per heavy atom. The molecule has 5 nitrogen and oxygen atoms in total. The number of hydrogen-bond acceptors (Lipinski definition) is 5. The van der Waals surface area contributed by atoms with E-state index in [4.69, 9.17) is 4.74 Å². The Labute approximate surface area is 154 Å². The second-order valence-electron chi connectivity index (χ2n) is 6.37. The Bertz CT molecular complexity index is 832. The molecule has 2 N–H and O–H groups in total. The van der Waals surface area contributed by atoms with E-state index in [1.54, 1.807) is 0 Å². The SMILES string of the molecule is Cc1cc(NCc2ccccc2)nc(Nc2ccc(OC(C)C)cc2)n1. The van der Waals surface area contributed by atoms with Gasteiger partial charge in [-0.3, -0.25) is 0 Å². The van der Waals surface area contributed by atoms with Crippen molar-refractivity contribution in [2.24, 2.45) is 0 Å². The summed E-state index contributed by atoms with van der Waals surface area (Å²) in [6.45, 7) is 6.70. The second-order valence-corrected chi connectivity index (χ2v) is 6.37. The lowest BCUT2D eigenvalue weighted by atomic mass is 10.2. The zero-order valence-corrected chi connectivity index (χ0v) is 15.4. The molecule has 0 aliphatic rings. The van der Waals surface area contributed by atoms with Gasteiger partial charge in [0, 0.05) is 24.0 Å². The number of nitrogens with zero attached hydrogens (tertiary/aromatic N) is 2. The summed E-state index contributed by atoms with van der Waals surface area (Å²) in [7, 11) is 0. The molecule has 0 fully saturated rings. The number of anilines is 3. The number of rotatable bonds is 7. The largest absolute Gasteiger partial charge is 0.491 e. The number of ether oxygens (including phenoxy) is 1. The zero-order chi connectivity index (χ0) is 18.4. The summed E-state index contributed by atoms with van der Waals surface area (Å²) in [5, 5.41) is 6.59. The van der Waals surface area contributed by atoms with Gasteiger partial charge >= 0.3 is 0 Å². The van der Waals surface area contributed by atoms with Crippen molar-refractivity contribution in [3.05, 3.63) is 71.9 Å². The fraction of sp³-hybridized carbons (Fsp3) is 0.238. The molecule has 1 heterocycles. The highest BCUT2D eigenvalue weighted by molar-refractivity contribution is 5.56. The van der Waals surface area contributed by atoms with Crippen molar-refractivity contribution in [3.63, 3.8) is 0 Å². The van der Waals surface area contributed by atoms with Crippen LogP contribution in [0.4, 0.5) is 17.5 Å². The summed E-state index contributed by atoms with van der Waals surface area (Å²) in [6, 6.07) is 20.0. The molecular formula is C21H24N4O. The standard InChI is InChI=1S/C21H24N4O/c1-15(2)26-19-11-9-18(10-12-19)24-21-23-16(3)13-20(25-21)22-14-17-7-5-4-6-8-17/h4-13,15H,14H2,1-3H3,(H2,22,23,24,25). The summed E-state index contributed by atoms with van der Waals surface area (Å²) in [4.78, 5) is 9.01. The maximum Gasteiger partial charge on any atom is 0.229 e. The van der Waals surface area contributed by atoms with Gasteiger partial charge in [-0.2, -0.15) is 4.98 Å². The molecule has 3 aromatic rings. The highest BCUT2D eigenvalue weighted by atomic mass is 16.5. The summed E-state index contributed by atoms with van der Waals surface area (Å²) < 4.78 is 5.66. The van der Waals surface area contributed by atoms with E-state index in [9.17, 15) is 0 Å². The average Bonchev–Trinajstić information content (AvgIpc) is 2.62. The molecule has 0 amide bonds. The van der Waals surface area contributed by atoms with Crippen molar-refractivity contribution in [1.82, 2.24) is 9.97 Å². The van der Waals surface area contributed by atoms with Crippen LogP contribution in [0.5, 0.6) is 5.75 Å². The quantitative estimate of drug-likeness (QED) is 0.634. The van der Waals surface area contributed by atoms with Crippen LogP contribution in [0.25, 0.3) is 0 Å². The van der Waals surface area contributed by atoms with Gasteiger partial charge in [0.25, 0.3) is 0 Å². The van der Waals surface area contributed by atoms with E-state index in [2.05, 4.69) is 32.7 Å². The van der Waals surface area contributed by atoms with Crippen LogP contribution in [-0.4, -0.2) is 16.1 Å². The average molecular weight is 348 g/mol. The Balaban J connectivity index is 1.67. The van der Waals surface area contributed by atoms with Crippen LogP contribution in [0.1, 0.15) is 25.1 Å². The molecule has 5 heteroatoms. The fourth-order valence-electron chi connectivity index (χ4n) is 2.52. The summed E-state index contributed by atoms with van der Waals surface area (Å²) in [5.41, 5.74) is 3.03. The van der Waals surface area contributed by atoms with Gasteiger partial charge in [-0.15, -0.1) is 0 Å². The number of nitrogens with one attached hydrogen (secondary N) is 2. The second kappa shape index (κ2) is 8.34. The highest BCUT2D eigenvalue weighted by Crippen LogP contribution is 2.20. The highest BCUT2D eigenvalue weighted by Gasteiger charge is 2.04. The lowest BCUT2D eigenvalue weighted by Crippen LogP contribution is -2.06. The first-order chi connectivity index (χ1) is 12.6. The Morgan fingerprint density at radius 1 is 0.962 bits per heavy atom. The molecule has 1 aromatic heterocycles. The number of aromatic nitrogens is 2. The predicted molar refractivity (Wildman–Crippen MR) is 106 cm³/mol. The van der Waals surface area contributed by atoms with E-state index in [0.29, 0.717) is 5.95 Å². The van der Waals surface area contributed by atoms with E-state index >= 15 is 0 Å². The summed E-state index contributed by atoms with van der Waals surface area (Å²) in [5.74, 6) is 2.21. The van der Waals surface area contributed by atoms with Crippen LogP contribution in [-0.2, 0) is 6.54 Å². The molecule has 3 rings (SSSR count). The lowest BCUT2D eigenvalue weighted by Gasteiger charge is -2.12. The van der Waals surface area contributed by atoms with Crippen LogP contribution >= 0.6 is 0 Å². The minimum Gasteiger partial charge on any atom is -0.491 e. The van der Waals surface area contributed by atoms with Crippen molar-refractivity contribution in [2.45, 2.75) is 33.4 Å². The molecule has 0 unspecified atom stereocenters. The first kappa shape index (κ1) is 17.7. The number of aryl methyl sites for hydroxylation is 1. The van der Waals surface area contributed by atoms with Crippen LogP contribution in [0, 0.1) is 6.92 Å². The van der Waals surface area contributed by atoms with Crippen molar-refractivity contribution in [2.75, 3.05) is 10.6 Å². The van der Waals surface area contributed by atoms with Crippen LogP contribution in [0.3, 0.4) is 0 Å². The van der Waals surface area contributed by atoms with Gasteiger partial charge in [0.15, 0.2) is 0 Å². The normalized spacial score (nSPS) is 10.6. The molecule has 0 saturated heterocycles. The fourth-order valence-corrected chi connectivity index (χ4v) is 2.52. The first-order valence-electron chi connectivity index (χ1n) is 8.76. The smallest absolute Gasteiger partial charge is 0.229 e. The monoisotopic (exact) mass is 348 g/mol. The lowest BCUT2D eigenvalue weighted by molar-refractivity contribution is 0.242. The molecule has 0 radical (unpaired) electrons. The Kier molecular flexibility index (Phi) is 5.69. The third-order valence-corrected chi connectivity index (χ3v) is 3.65. The van der Waals surface area contributed by atoms with Gasteiger partial charge in [-0.1, -0.05) is 30.3 Å². The third kappa shape index (κ3) is 5.21. The van der Waals surface area contributed by atoms with E-state index < -0.39 is 0 Å². The molecule has 26 heavy (non-hydrogen) atoms. The van der Waals surface area contributed by atoms with E-state index in [1.165, 1.54) is 5.56 Å². The molecule has 2 aromatic carbocycles. The summed E-state index contributed by atoms with van der Waals surface area (Å²) >= 11 is 0. The van der Waals surface area contributed by atoms with Crippen LogP contribution < -0.4 is 15.4 Å². The minimum absolute atomic E-state index is 0.159. The summed E-state index contributed by atoms with van der Waals surface area (Å²) in [6.07, 6.45) is 0.159. The first-order valence-corrected chi connectivity index (χ1v) is 8.76. The molecule has 0 aliphatic carbocycles. The van der Waals surface area contributed by atoms with Gasteiger partial charge < -0.3 is 15.4 Å². The van der Waals surface area contributed by atoms with Gasteiger partial charge in [-0.05, 0) is 50.6 Å². The molecule has 0 saturated carbocycles. The predicted octanol–water partition coefficient (Wildman–Crippen LogP) is 4.93. The maximum atomic E-state index is 5.66. The van der Waals surface area contributed by atoms with Crippen LogP contribution in [0.15, 0.2) is 60.7 Å². The van der Waals surface area contributed by atoms with E-state index in [0.717, 1.165) is 29.5 Å². The minimum atomic E-state index is 0.159. The van der Waals surface area contributed by atoms with Crippen molar-refractivity contribution in [3.8, 4) is 5.75 Å². The van der Waals surface area contributed by atoms with Crippen molar-refractivity contribution < 1.29 is 4.74 Å². The van der Waals surface area contributed by atoms with E-state index in [1.807, 2.05) is 69.3 Å². The molecule has 0 atom stereocenters. The van der Waals surface area contributed by atoms with E-state index in [-0.39, 0.29) is 6.10 Å². The molecule has 0 aliphatic heterocycles. The maximum absolute atomic E-state index is 5.66. The van der Waals surface area contributed by atoms with Crippen molar-refractivity contribution in [1.29, 1.82) is 0 Å². The van der Waals surface area contributed by atoms with Crippen LogP contribution in [0.2, 0.25) is 0 Å². The number of hydrogen-bond donors (Lipinski definition) is 2. The van der Waals surface area contributed by atoms with Gasteiger partial charge in [-0.25, -0.2) is 4.98 Å². The Hall–Kier alpha value is -3.08. The zero-order valence-electron chi connectivity index (χ0n) is 15.4. The topological polar surface area (TPSA) is 59.1 Å². The Morgan fingerprint density at radius 3 is 2.38 bits per heavy atom. The molecule has 0 bridgehead atoms. The molecule has 134 valence electrons. The van der Waals surface area contributed by atoms with Crippen molar-refractivity contribution >= 4 is 17.5 Å².